The standard InChI is InChI=1S/C21H15FN4O4/c22-17-8-12(3-6-18(17)30-14-2-1-7-23-11-14)10-24-21(29)25-13-4-5-15-16(9-13)20(28)26-19(15)27/h1-9,11H,10H2,(H2,24,25,29)(H,26,27,28). The van der Waals surface area contributed by atoms with Crippen LogP contribution in [0.5, 0.6) is 11.5 Å². The van der Waals surface area contributed by atoms with E-state index >= 15 is 0 Å². The molecule has 1 aliphatic rings. The Morgan fingerprint density at radius 1 is 1.07 bits per heavy atom. The predicted octanol–water partition coefficient (Wildman–Crippen LogP) is 3.22. The number of imide groups is 1. The van der Waals surface area contributed by atoms with Crippen LogP contribution in [0.3, 0.4) is 0 Å². The summed E-state index contributed by atoms with van der Waals surface area (Å²) >= 11 is 0. The molecule has 0 saturated carbocycles. The molecule has 2 aromatic carbocycles. The summed E-state index contributed by atoms with van der Waals surface area (Å²) in [7, 11) is 0. The van der Waals surface area contributed by atoms with E-state index in [1.54, 1.807) is 24.4 Å². The van der Waals surface area contributed by atoms with E-state index in [9.17, 15) is 18.8 Å². The van der Waals surface area contributed by atoms with E-state index < -0.39 is 23.7 Å². The maximum atomic E-state index is 14.3. The Morgan fingerprint density at radius 2 is 1.90 bits per heavy atom. The number of aromatic nitrogens is 1. The Hall–Kier alpha value is -4.27. The van der Waals surface area contributed by atoms with Crippen molar-refractivity contribution in [2.75, 3.05) is 5.32 Å². The van der Waals surface area contributed by atoms with Crippen LogP contribution < -0.4 is 20.7 Å². The summed E-state index contributed by atoms with van der Waals surface area (Å²) < 4.78 is 19.7. The molecule has 3 N–H and O–H groups in total. The minimum Gasteiger partial charge on any atom is -0.453 e. The molecule has 4 rings (SSSR count). The van der Waals surface area contributed by atoms with E-state index in [-0.39, 0.29) is 23.4 Å². The fraction of sp³-hybridized carbons (Fsp3) is 0.0476. The molecule has 0 fully saturated rings. The van der Waals surface area contributed by atoms with E-state index in [0.29, 0.717) is 17.0 Å². The highest BCUT2D eigenvalue weighted by molar-refractivity contribution is 6.22. The number of halogens is 1. The van der Waals surface area contributed by atoms with Crippen LogP contribution in [0.25, 0.3) is 0 Å². The van der Waals surface area contributed by atoms with E-state index in [1.807, 2.05) is 0 Å². The summed E-state index contributed by atoms with van der Waals surface area (Å²) in [5, 5.41) is 7.34. The molecule has 4 amide bonds. The first-order chi connectivity index (χ1) is 14.5. The second kappa shape index (κ2) is 8.00. The third-order valence-corrected chi connectivity index (χ3v) is 4.31. The third kappa shape index (κ3) is 4.09. The maximum absolute atomic E-state index is 14.3. The predicted molar refractivity (Wildman–Crippen MR) is 105 cm³/mol. The van der Waals surface area contributed by atoms with Gasteiger partial charge in [-0.1, -0.05) is 6.07 Å². The summed E-state index contributed by atoms with van der Waals surface area (Å²) in [6.07, 6.45) is 3.05. The molecule has 0 unspecified atom stereocenters. The SMILES string of the molecule is O=C(NCc1ccc(Oc2cccnc2)c(F)c1)Nc1ccc2c(c1)C(=O)NC2=O. The van der Waals surface area contributed by atoms with Gasteiger partial charge in [-0.2, -0.15) is 0 Å². The lowest BCUT2D eigenvalue weighted by Gasteiger charge is -2.10. The number of urea groups is 1. The number of fused-ring (bicyclic) bond motifs is 1. The lowest BCUT2D eigenvalue weighted by atomic mass is 10.1. The number of benzene rings is 2. The molecule has 0 bridgehead atoms. The fourth-order valence-electron chi connectivity index (χ4n) is 2.87. The number of amides is 4. The third-order valence-electron chi connectivity index (χ3n) is 4.31. The van der Waals surface area contributed by atoms with Crippen molar-refractivity contribution in [1.82, 2.24) is 15.6 Å². The molecule has 0 saturated heterocycles. The van der Waals surface area contributed by atoms with Crippen LogP contribution in [-0.4, -0.2) is 22.8 Å². The van der Waals surface area contributed by atoms with E-state index in [2.05, 4.69) is 20.9 Å². The van der Waals surface area contributed by atoms with Gasteiger partial charge in [0.2, 0.25) is 0 Å². The average molecular weight is 406 g/mol. The zero-order valence-corrected chi connectivity index (χ0v) is 15.4. The van der Waals surface area contributed by atoms with Crippen LogP contribution in [0.2, 0.25) is 0 Å². The summed E-state index contributed by atoms with van der Waals surface area (Å²) in [5.74, 6) is -1.10. The van der Waals surface area contributed by atoms with Gasteiger partial charge in [-0.3, -0.25) is 19.9 Å². The molecule has 1 aliphatic heterocycles. The molecule has 0 aliphatic carbocycles. The van der Waals surface area contributed by atoms with Gasteiger partial charge >= 0.3 is 6.03 Å². The number of nitrogens with one attached hydrogen (secondary N) is 3. The quantitative estimate of drug-likeness (QED) is 0.564. The van der Waals surface area contributed by atoms with Gasteiger partial charge in [0.1, 0.15) is 5.75 Å². The average Bonchev–Trinajstić information content (AvgIpc) is 3.02. The minimum absolute atomic E-state index is 0.0437. The van der Waals surface area contributed by atoms with Crippen LogP contribution in [0, 0.1) is 5.82 Å². The maximum Gasteiger partial charge on any atom is 0.319 e. The van der Waals surface area contributed by atoms with Crippen LogP contribution in [0.4, 0.5) is 14.9 Å². The molecule has 0 spiro atoms. The van der Waals surface area contributed by atoms with Crippen LogP contribution in [0.15, 0.2) is 60.9 Å². The Labute approximate surface area is 170 Å². The first-order valence-electron chi connectivity index (χ1n) is 8.90. The Kier molecular flexibility index (Phi) is 5.08. The molecule has 2 heterocycles. The van der Waals surface area contributed by atoms with Gasteiger partial charge in [-0.05, 0) is 48.0 Å². The zero-order valence-electron chi connectivity index (χ0n) is 15.4. The molecule has 150 valence electrons. The smallest absolute Gasteiger partial charge is 0.319 e. The molecule has 8 nitrogen and oxygen atoms in total. The molecule has 1 aromatic heterocycles. The molecule has 0 radical (unpaired) electrons. The lowest BCUT2D eigenvalue weighted by Crippen LogP contribution is -2.28. The number of ether oxygens (including phenoxy) is 1. The largest absolute Gasteiger partial charge is 0.453 e. The highest BCUT2D eigenvalue weighted by Crippen LogP contribution is 2.24. The Bertz CT molecular complexity index is 1150. The highest BCUT2D eigenvalue weighted by atomic mass is 19.1. The van der Waals surface area contributed by atoms with Crippen LogP contribution >= 0.6 is 0 Å². The molecule has 3 aromatic rings. The van der Waals surface area contributed by atoms with Crippen LogP contribution in [-0.2, 0) is 6.54 Å². The zero-order chi connectivity index (χ0) is 21.1. The summed E-state index contributed by atoms with van der Waals surface area (Å²) in [4.78, 5) is 39.2. The van der Waals surface area contributed by atoms with Gasteiger partial charge in [-0.25, -0.2) is 9.18 Å². The topological polar surface area (TPSA) is 109 Å². The van der Waals surface area contributed by atoms with Crippen molar-refractivity contribution in [1.29, 1.82) is 0 Å². The van der Waals surface area contributed by atoms with Crippen molar-refractivity contribution in [3.05, 3.63) is 83.4 Å². The van der Waals surface area contributed by atoms with Gasteiger partial charge in [0.25, 0.3) is 11.8 Å². The number of pyridine rings is 1. The lowest BCUT2D eigenvalue weighted by molar-refractivity contribution is 0.0879. The number of rotatable bonds is 5. The number of nitrogens with zero attached hydrogens (tertiary/aromatic N) is 1. The highest BCUT2D eigenvalue weighted by Gasteiger charge is 2.26. The normalized spacial score (nSPS) is 12.2. The first-order valence-corrected chi connectivity index (χ1v) is 8.90. The molecule has 9 heteroatoms. The van der Waals surface area contributed by atoms with Crippen molar-refractivity contribution in [2.24, 2.45) is 0 Å². The number of hydrogen-bond acceptors (Lipinski definition) is 5. The van der Waals surface area contributed by atoms with Crippen LogP contribution in [0.1, 0.15) is 26.3 Å². The molecular weight excluding hydrogens is 391 g/mol. The number of carbonyl (C=O) groups is 3. The number of carbonyl (C=O) groups excluding carboxylic acids is 3. The summed E-state index contributed by atoms with van der Waals surface area (Å²) in [6, 6.07) is 11.5. The van der Waals surface area contributed by atoms with Crippen molar-refractivity contribution in [3.63, 3.8) is 0 Å². The Morgan fingerprint density at radius 3 is 2.67 bits per heavy atom. The second-order valence-corrected chi connectivity index (χ2v) is 6.41. The van der Waals surface area contributed by atoms with Crippen molar-refractivity contribution < 1.29 is 23.5 Å². The van der Waals surface area contributed by atoms with E-state index in [1.165, 1.54) is 36.5 Å². The Balaban J connectivity index is 1.35. The van der Waals surface area contributed by atoms with E-state index in [0.717, 1.165) is 0 Å². The van der Waals surface area contributed by atoms with Crippen molar-refractivity contribution in [3.8, 4) is 11.5 Å². The van der Waals surface area contributed by atoms with Gasteiger partial charge in [0, 0.05) is 18.4 Å². The van der Waals surface area contributed by atoms with Crippen molar-refractivity contribution in [2.45, 2.75) is 6.54 Å². The molecular formula is C21H15FN4O4. The fourth-order valence-corrected chi connectivity index (χ4v) is 2.87. The monoisotopic (exact) mass is 406 g/mol. The number of anilines is 1. The number of hydrogen-bond donors (Lipinski definition) is 3. The van der Waals surface area contributed by atoms with Crippen molar-refractivity contribution >= 4 is 23.5 Å². The summed E-state index contributed by atoms with van der Waals surface area (Å²) in [5.41, 5.74) is 1.33. The summed E-state index contributed by atoms with van der Waals surface area (Å²) in [6.45, 7) is 0.0693. The van der Waals surface area contributed by atoms with Gasteiger partial charge in [-0.15, -0.1) is 0 Å². The minimum atomic E-state index is -0.576. The molecule has 30 heavy (non-hydrogen) atoms. The molecule has 0 atom stereocenters. The first kappa shape index (κ1) is 19.1. The van der Waals surface area contributed by atoms with Gasteiger partial charge < -0.3 is 15.4 Å². The van der Waals surface area contributed by atoms with Gasteiger partial charge in [0.05, 0.1) is 17.3 Å². The second-order valence-electron chi connectivity index (χ2n) is 6.41. The van der Waals surface area contributed by atoms with E-state index in [4.69, 9.17) is 4.74 Å². The van der Waals surface area contributed by atoms with Gasteiger partial charge in [0.15, 0.2) is 11.6 Å².